The zero-order chi connectivity index (χ0) is 19.8. The molecule has 0 radical (unpaired) electrons. The Morgan fingerprint density at radius 2 is 1.79 bits per heavy atom. The maximum Gasteiger partial charge on any atom is 0.254 e. The van der Waals surface area contributed by atoms with Gasteiger partial charge in [-0.3, -0.25) is 4.90 Å². The van der Waals surface area contributed by atoms with Gasteiger partial charge in [0.2, 0.25) is 11.7 Å². The molecule has 0 N–H and O–H groups in total. The molecule has 4 aromatic rings. The summed E-state index contributed by atoms with van der Waals surface area (Å²) in [4.78, 5) is 17.8. The Morgan fingerprint density at radius 3 is 2.59 bits per heavy atom. The molecule has 1 aliphatic heterocycles. The van der Waals surface area contributed by atoms with E-state index in [2.05, 4.69) is 60.1 Å². The minimum Gasteiger partial charge on any atom is -0.354 e. The Morgan fingerprint density at radius 1 is 1.00 bits per heavy atom. The van der Waals surface area contributed by atoms with Gasteiger partial charge in [-0.15, -0.1) is 0 Å². The Hall–Kier alpha value is -3.33. The molecule has 1 fully saturated rings. The van der Waals surface area contributed by atoms with Crippen LogP contribution >= 0.6 is 0 Å². The van der Waals surface area contributed by atoms with E-state index in [-0.39, 0.29) is 0 Å². The fourth-order valence-corrected chi connectivity index (χ4v) is 3.60. The highest BCUT2D eigenvalue weighted by atomic mass is 16.5. The van der Waals surface area contributed by atoms with Gasteiger partial charge in [0.15, 0.2) is 0 Å². The van der Waals surface area contributed by atoms with E-state index < -0.39 is 0 Å². The third-order valence-electron chi connectivity index (χ3n) is 5.19. The van der Waals surface area contributed by atoms with Crippen LogP contribution in [0.15, 0.2) is 41.2 Å². The van der Waals surface area contributed by atoms with Crippen LogP contribution in [0.25, 0.3) is 17.2 Å². The van der Waals surface area contributed by atoms with Crippen molar-refractivity contribution in [1.29, 1.82) is 0 Å². The monoisotopic (exact) mass is 390 g/mol. The number of piperazine rings is 1. The first-order valence-corrected chi connectivity index (χ1v) is 9.70. The molecule has 0 atom stereocenters. The second-order valence-corrected chi connectivity index (χ2v) is 7.37. The molecule has 9 heteroatoms. The summed E-state index contributed by atoms with van der Waals surface area (Å²) in [5, 5.41) is 8.45. The minimum absolute atomic E-state index is 0.636. The molecule has 0 saturated carbocycles. The average molecular weight is 390 g/mol. The lowest BCUT2D eigenvalue weighted by atomic mass is 10.1. The molecule has 1 saturated heterocycles. The summed E-state index contributed by atoms with van der Waals surface area (Å²) in [5.74, 6) is 2.95. The van der Waals surface area contributed by atoms with Crippen LogP contribution in [0.2, 0.25) is 0 Å². The largest absolute Gasteiger partial charge is 0.354 e. The van der Waals surface area contributed by atoms with E-state index in [0.29, 0.717) is 24.0 Å². The summed E-state index contributed by atoms with van der Waals surface area (Å²) >= 11 is 0. The third kappa shape index (κ3) is 3.56. The summed E-state index contributed by atoms with van der Waals surface area (Å²) in [6.07, 6.45) is 1.54. The predicted octanol–water partition coefficient (Wildman–Crippen LogP) is 2.11. The molecule has 0 unspecified atom stereocenters. The van der Waals surface area contributed by atoms with E-state index in [4.69, 9.17) is 4.52 Å². The van der Waals surface area contributed by atoms with Gasteiger partial charge in [0, 0.05) is 43.5 Å². The Bertz CT molecular complexity index is 1130. The maximum atomic E-state index is 5.48. The maximum absolute atomic E-state index is 5.48. The highest BCUT2D eigenvalue weighted by Gasteiger charge is 2.22. The molecular weight excluding hydrogens is 368 g/mol. The van der Waals surface area contributed by atoms with Crippen LogP contribution in [0.5, 0.6) is 0 Å². The Balaban J connectivity index is 1.24. The molecule has 0 amide bonds. The predicted molar refractivity (Wildman–Crippen MR) is 107 cm³/mol. The third-order valence-corrected chi connectivity index (χ3v) is 5.19. The lowest BCUT2D eigenvalue weighted by Crippen LogP contribution is -2.46. The van der Waals surface area contributed by atoms with Crippen molar-refractivity contribution in [2.45, 2.75) is 20.4 Å². The molecule has 1 aromatic carbocycles. The van der Waals surface area contributed by atoms with Crippen molar-refractivity contribution in [3.05, 3.63) is 53.8 Å². The molecule has 29 heavy (non-hydrogen) atoms. The van der Waals surface area contributed by atoms with Gasteiger partial charge in [-0.2, -0.15) is 19.6 Å². The molecule has 3 aromatic heterocycles. The van der Waals surface area contributed by atoms with Crippen molar-refractivity contribution < 1.29 is 4.52 Å². The van der Waals surface area contributed by atoms with Gasteiger partial charge in [0.25, 0.3) is 5.78 Å². The van der Waals surface area contributed by atoms with E-state index in [1.807, 2.05) is 19.1 Å². The van der Waals surface area contributed by atoms with Gasteiger partial charge in [0.05, 0.1) is 6.54 Å². The number of hydrogen-bond donors (Lipinski definition) is 0. The summed E-state index contributed by atoms with van der Waals surface area (Å²) in [6, 6.07) is 10.2. The number of benzene rings is 1. The Kier molecular flexibility index (Phi) is 4.44. The smallest absolute Gasteiger partial charge is 0.254 e. The SMILES string of the molecule is Cc1ccc(-c2noc(CN3CCN(c4cc(C)nc5ncnn45)CC3)n2)cc1. The molecule has 0 bridgehead atoms. The Labute approximate surface area is 168 Å². The first-order valence-electron chi connectivity index (χ1n) is 9.70. The van der Waals surface area contributed by atoms with Crippen molar-refractivity contribution in [2.24, 2.45) is 0 Å². The number of fused-ring (bicyclic) bond motifs is 1. The average Bonchev–Trinajstić information content (AvgIpc) is 3.38. The number of hydrogen-bond acceptors (Lipinski definition) is 8. The number of aromatic nitrogens is 6. The van der Waals surface area contributed by atoms with Crippen LogP contribution in [0, 0.1) is 13.8 Å². The second-order valence-electron chi connectivity index (χ2n) is 7.37. The van der Waals surface area contributed by atoms with E-state index in [9.17, 15) is 0 Å². The normalized spacial score (nSPS) is 15.3. The first-order chi connectivity index (χ1) is 14.2. The molecule has 0 spiro atoms. The van der Waals surface area contributed by atoms with Gasteiger partial charge in [-0.1, -0.05) is 35.0 Å². The van der Waals surface area contributed by atoms with Crippen LogP contribution < -0.4 is 4.90 Å². The quantitative estimate of drug-likeness (QED) is 0.524. The molecule has 0 aliphatic carbocycles. The highest BCUT2D eigenvalue weighted by molar-refractivity contribution is 5.54. The van der Waals surface area contributed by atoms with Crippen molar-refractivity contribution in [3.8, 4) is 11.4 Å². The van der Waals surface area contributed by atoms with Gasteiger partial charge < -0.3 is 9.42 Å². The molecule has 4 heterocycles. The van der Waals surface area contributed by atoms with E-state index in [1.54, 1.807) is 10.8 Å². The fraction of sp³-hybridized carbons (Fsp3) is 0.350. The van der Waals surface area contributed by atoms with Crippen LogP contribution in [0.4, 0.5) is 5.82 Å². The fourth-order valence-electron chi connectivity index (χ4n) is 3.60. The van der Waals surface area contributed by atoms with Crippen molar-refractivity contribution in [1.82, 2.24) is 34.6 Å². The molecule has 148 valence electrons. The second kappa shape index (κ2) is 7.25. The summed E-state index contributed by atoms with van der Waals surface area (Å²) in [6.45, 7) is 8.27. The number of aryl methyl sites for hydroxylation is 2. The molecule has 9 nitrogen and oxygen atoms in total. The molecule has 5 rings (SSSR count). The lowest BCUT2D eigenvalue weighted by Gasteiger charge is -2.35. The summed E-state index contributed by atoms with van der Waals surface area (Å²) in [5.41, 5.74) is 3.13. The van der Waals surface area contributed by atoms with Crippen LogP contribution in [0.3, 0.4) is 0 Å². The van der Waals surface area contributed by atoms with E-state index in [1.165, 1.54) is 5.56 Å². The van der Waals surface area contributed by atoms with Gasteiger partial charge in [-0.25, -0.2) is 4.98 Å². The van der Waals surface area contributed by atoms with Crippen LogP contribution in [0.1, 0.15) is 17.1 Å². The summed E-state index contributed by atoms with van der Waals surface area (Å²) < 4.78 is 7.28. The number of nitrogens with zero attached hydrogens (tertiary/aromatic N) is 8. The zero-order valence-electron chi connectivity index (χ0n) is 16.5. The van der Waals surface area contributed by atoms with Crippen LogP contribution in [-0.4, -0.2) is 60.8 Å². The molecular formula is C20H22N8O. The first kappa shape index (κ1) is 17.7. The van der Waals surface area contributed by atoms with Crippen molar-refractivity contribution in [3.63, 3.8) is 0 Å². The van der Waals surface area contributed by atoms with Gasteiger partial charge in [0.1, 0.15) is 12.1 Å². The standard InChI is InChI=1S/C20H22N8O/c1-14-3-5-16(6-4-14)19-24-17(29-25-19)12-26-7-9-27(10-8-26)18-11-15(2)23-20-21-13-22-28(18)20/h3-6,11,13H,7-10,12H2,1-2H3. The topological polar surface area (TPSA) is 88.5 Å². The van der Waals surface area contributed by atoms with Crippen LogP contribution in [-0.2, 0) is 6.54 Å². The zero-order valence-corrected chi connectivity index (χ0v) is 16.5. The van der Waals surface area contributed by atoms with E-state index in [0.717, 1.165) is 43.3 Å². The van der Waals surface area contributed by atoms with Crippen molar-refractivity contribution >= 4 is 11.6 Å². The number of anilines is 1. The lowest BCUT2D eigenvalue weighted by molar-refractivity contribution is 0.215. The number of rotatable bonds is 4. The molecule has 1 aliphatic rings. The summed E-state index contributed by atoms with van der Waals surface area (Å²) in [7, 11) is 0. The van der Waals surface area contributed by atoms with Crippen molar-refractivity contribution in [2.75, 3.05) is 31.1 Å². The minimum atomic E-state index is 0.636. The van der Waals surface area contributed by atoms with Gasteiger partial charge >= 0.3 is 0 Å². The highest BCUT2D eigenvalue weighted by Crippen LogP contribution is 2.20. The van der Waals surface area contributed by atoms with Gasteiger partial charge in [-0.05, 0) is 13.8 Å². The van der Waals surface area contributed by atoms with E-state index >= 15 is 0 Å².